The molecule has 0 aliphatic carbocycles. The van der Waals surface area contributed by atoms with Gasteiger partial charge in [-0.1, -0.05) is 13.8 Å². The molecule has 6 nitrogen and oxygen atoms in total. The third kappa shape index (κ3) is 6.03. The third-order valence-corrected chi connectivity index (χ3v) is 2.75. The van der Waals surface area contributed by atoms with E-state index in [1.165, 1.54) is 0 Å². The van der Waals surface area contributed by atoms with E-state index in [1.807, 2.05) is 13.8 Å². The Morgan fingerprint density at radius 2 is 1.73 bits per heavy atom. The van der Waals surface area contributed by atoms with Gasteiger partial charge in [0, 0.05) is 12.1 Å². The van der Waals surface area contributed by atoms with Crippen LogP contribution >= 0.6 is 0 Å². The van der Waals surface area contributed by atoms with E-state index in [0.717, 1.165) is 12.8 Å². The van der Waals surface area contributed by atoms with E-state index in [9.17, 15) is 9.59 Å². The van der Waals surface area contributed by atoms with Gasteiger partial charge in [0.15, 0.2) is 11.5 Å². The second-order valence-electron chi connectivity index (χ2n) is 4.76. The normalized spacial score (nSPS) is 10.1. The molecule has 0 heterocycles. The zero-order chi connectivity index (χ0) is 16.4. The maximum atomic E-state index is 12.0. The molecule has 0 saturated carbocycles. The minimum absolute atomic E-state index is 0.0907. The second-order valence-corrected chi connectivity index (χ2v) is 4.76. The summed E-state index contributed by atoms with van der Waals surface area (Å²) in [5.74, 6) is -0.140. The van der Waals surface area contributed by atoms with Crippen molar-refractivity contribution in [2.45, 2.75) is 33.1 Å². The Balaban J connectivity index is 2.78. The number of carbonyl (C=O) groups is 2. The van der Waals surface area contributed by atoms with Crippen LogP contribution in [0.2, 0.25) is 0 Å². The van der Waals surface area contributed by atoms with E-state index in [0.29, 0.717) is 30.3 Å². The minimum Gasteiger partial charge on any atom is -0.490 e. The number of hydrogen-bond donors (Lipinski definition) is 2. The highest BCUT2D eigenvalue weighted by atomic mass is 16.5. The highest BCUT2D eigenvalue weighted by Crippen LogP contribution is 2.28. The Labute approximate surface area is 130 Å². The van der Waals surface area contributed by atoms with Crippen LogP contribution < -0.4 is 14.8 Å². The highest BCUT2D eigenvalue weighted by Gasteiger charge is 2.12. The molecule has 0 fully saturated rings. The molecule has 0 bridgehead atoms. The number of amides is 1. The van der Waals surface area contributed by atoms with Crippen LogP contribution in [0.25, 0.3) is 0 Å². The number of carboxylic acid groups (broad SMARTS) is 1. The van der Waals surface area contributed by atoms with Gasteiger partial charge in [-0.05, 0) is 31.0 Å². The molecular weight excluding hydrogens is 286 g/mol. The molecule has 0 radical (unpaired) electrons. The summed E-state index contributed by atoms with van der Waals surface area (Å²) in [5, 5.41) is 11.1. The van der Waals surface area contributed by atoms with Crippen molar-refractivity contribution in [3.63, 3.8) is 0 Å². The van der Waals surface area contributed by atoms with Crippen molar-refractivity contribution in [2.24, 2.45) is 0 Å². The van der Waals surface area contributed by atoms with E-state index in [4.69, 9.17) is 14.6 Å². The Bertz CT molecular complexity index is 501. The molecule has 0 aliphatic rings. The Morgan fingerprint density at radius 3 is 2.32 bits per heavy atom. The van der Waals surface area contributed by atoms with Gasteiger partial charge in [-0.15, -0.1) is 0 Å². The van der Waals surface area contributed by atoms with Crippen LogP contribution in [0.5, 0.6) is 11.5 Å². The molecule has 0 unspecified atom stereocenters. The van der Waals surface area contributed by atoms with Crippen LogP contribution in [-0.4, -0.2) is 36.7 Å². The first kappa shape index (κ1) is 17.8. The first-order chi connectivity index (χ1) is 10.6. The average molecular weight is 309 g/mol. The maximum Gasteiger partial charge on any atom is 0.305 e. The number of carboxylic acids is 1. The molecular formula is C16H23NO5. The van der Waals surface area contributed by atoms with Crippen molar-refractivity contribution in [3.05, 3.63) is 23.8 Å². The SMILES string of the molecule is CCCOc1ccc(C(=O)NCCC(=O)O)cc1OCCC. The maximum absolute atomic E-state index is 12.0. The smallest absolute Gasteiger partial charge is 0.305 e. The van der Waals surface area contributed by atoms with E-state index < -0.39 is 5.97 Å². The molecule has 0 aromatic heterocycles. The fraction of sp³-hybridized carbons (Fsp3) is 0.500. The van der Waals surface area contributed by atoms with Gasteiger partial charge in [0.05, 0.1) is 19.6 Å². The van der Waals surface area contributed by atoms with Gasteiger partial charge in [0.25, 0.3) is 5.91 Å². The van der Waals surface area contributed by atoms with Crippen molar-refractivity contribution in [3.8, 4) is 11.5 Å². The summed E-state index contributed by atoms with van der Waals surface area (Å²) >= 11 is 0. The van der Waals surface area contributed by atoms with Crippen molar-refractivity contribution in [2.75, 3.05) is 19.8 Å². The zero-order valence-corrected chi connectivity index (χ0v) is 13.1. The fourth-order valence-corrected chi connectivity index (χ4v) is 1.69. The van der Waals surface area contributed by atoms with E-state index in [-0.39, 0.29) is 18.9 Å². The molecule has 1 aromatic rings. The summed E-state index contributed by atoms with van der Waals surface area (Å²) in [6, 6.07) is 4.96. The van der Waals surface area contributed by atoms with Gasteiger partial charge in [0.2, 0.25) is 0 Å². The molecule has 122 valence electrons. The predicted molar refractivity (Wildman–Crippen MR) is 82.6 cm³/mol. The predicted octanol–water partition coefficient (Wildman–Crippen LogP) is 2.47. The minimum atomic E-state index is -0.949. The summed E-state index contributed by atoms with van der Waals surface area (Å²) in [7, 11) is 0. The van der Waals surface area contributed by atoms with Crippen molar-refractivity contribution in [1.29, 1.82) is 0 Å². The molecule has 0 spiro atoms. The lowest BCUT2D eigenvalue weighted by Gasteiger charge is -2.13. The van der Waals surface area contributed by atoms with E-state index in [2.05, 4.69) is 5.32 Å². The van der Waals surface area contributed by atoms with Gasteiger partial charge in [-0.2, -0.15) is 0 Å². The summed E-state index contributed by atoms with van der Waals surface area (Å²) in [6.07, 6.45) is 1.62. The number of aliphatic carboxylic acids is 1. The van der Waals surface area contributed by atoms with Gasteiger partial charge < -0.3 is 19.9 Å². The highest BCUT2D eigenvalue weighted by molar-refractivity contribution is 5.95. The molecule has 6 heteroatoms. The van der Waals surface area contributed by atoms with Crippen LogP contribution in [0.1, 0.15) is 43.5 Å². The van der Waals surface area contributed by atoms with Gasteiger partial charge >= 0.3 is 5.97 Å². The molecule has 0 saturated heterocycles. The zero-order valence-electron chi connectivity index (χ0n) is 13.1. The molecule has 0 atom stereocenters. The monoisotopic (exact) mass is 309 g/mol. The summed E-state index contributed by atoms with van der Waals surface area (Å²) in [6.45, 7) is 5.21. The Kier molecular flexibility index (Phi) is 7.81. The van der Waals surface area contributed by atoms with Crippen molar-refractivity contribution in [1.82, 2.24) is 5.32 Å². The standard InChI is InChI=1S/C16H23NO5/c1-3-9-21-13-6-5-12(11-14(13)22-10-4-2)16(20)17-8-7-15(18)19/h5-6,11H,3-4,7-10H2,1-2H3,(H,17,20)(H,18,19). The van der Waals surface area contributed by atoms with Crippen molar-refractivity contribution >= 4 is 11.9 Å². The third-order valence-electron chi connectivity index (χ3n) is 2.75. The van der Waals surface area contributed by atoms with Crippen LogP contribution in [-0.2, 0) is 4.79 Å². The van der Waals surface area contributed by atoms with Crippen molar-refractivity contribution < 1.29 is 24.2 Å². The molecule has 2 N–H and O–H groups in total. The first-order valence-corrected chi connectivity index (χ1v) is 7.48. The van der Waals surface area contributed by atoms with Crippen LogP contribution in [0, 0.1) is 0 Å². The lowest BCUT2D eigenvalue weighted by molar-refractivity contribution is -0.136. The summed E-state index contributed by atoms with van der Waals surface area (Å²) in [5.41, 5.74) is 0.417. The van der Waals surface area contributed by atoms with Crippen LogP contribution in [0.4, 0.5) is 0 Å². The summed E-state index contributed by atoms with van der Waals surface area (Å²) < 4.78 is 11.2. The van der Waals surface area contributed by atoms with Gasteiger partial charge in [0.1, 0.15) is 0 Å². The average Bonchev–Trinajstić information content (AvgIpc) is 2.50. The number of rotatable bonds is 10. The number of ether oxygens (including phenoxy) is 2. The Hall–Kier alpha value is -2.24. The second kappa shape index (κ2) is 9.65. The molecule has 1 aromatic carbocycles. The number of hydrogen-bond acceptors (Lipinski definition) is 4. The molecule has 1 rings (SSSR count). The van der Waals surface area contributed by atoms with Gasteiger partial charge in [-0.3, -0.25) is 9.59 Å². The molecule has 0 aliphatic heterocycles. The Morgan fingerprint density at radius 1 is 1.09 bits per heavy atom. The quantitative estimate of drug-likeness (QED) is 0.693. The van der Waals surface area contributed by atoms with E-state index >= 15 is 0 Å². The van der Waals surface area contributed by atoms with E-state index in [1.54, 1.807) is 18.2 Å². The molecule has 1 amide bonds. The number of benzene rings is 1. The largest absolute Gasteiger partial charge is 0.490 e. The fourth-order valence-electron chi connectivity index (χ4n) is 1.69. The number of carbonyl (C=O) groups excluding carboxylic acids is 1. The lowest BCUT2D eigenvalue weighted by atomic mass is 10.2. The van der Waals surface area contributed by atoms with Gasteiger partial charge in [-0.25, -0.2) is 0 Å². The molecule has 22 heavy (non-hydrogen) atoms. The van der Waals surface area contributed by atoms with Crippen LogP contribution in [0.15, 0.2) is 18.2 Å². The topological polar surface area (TPSA) is 84.9 Å². The van der Waals surface area contributed by atoms with Crippen LogP contribution in [0.3, 0.4) is 0 Å². The number of nitrogens with one attached hydrogen (secondary N) is 1. The lowest BCUT2D eigenvalue weighted by Crippen LogP contribution is -2.26. The first-order valence-electron chi connectivity index (χ1n) is 7.48. The summed E-state index contributed by atoms with van der Waals surface area (Å²) in [4.78, 5) is 22.4.